The van der Waals surface area contributed by atoms with Gasteiger partial charge in [-0.3, -0.25) is 9.69 Å². The molecule has 5 heteroatoms. The van der Waals surface area contributed by atoms with Crippen LogP contribution in [0.5, 0.6) is 0 Å². The number of hydrogen-bond acceptors (Lipinski definition) is 4. The molecule has 0 saturated heterocycles. The van der Waals surface area contributed by atoms with Gasteiger partial charge in [-0.1, -0.05) is 12.1 Å². The Balaban J connectivity index is 1.90. The summed E-state index contributed by atoms with van der Waals surface area (Å²) >= 11 is 1.70. The van der Waals surface area contributed by atoms with E-state index in [1.165, 1.54) is 4.88 Å². The largest absolute Gasteiger partial charge is 0.464 e. The van der Waals surface area contributed by atoms with Gasteiger partial charge in [-0.2, -0.15) is 0 Å². The van der Waals surface area contributed by atoms with Crippen molar-refractivity contribution in [2.75, 3.05) is 20.1 Å². The Bertz CT molecular complexity index is 604. The standard InChI is InChI=1S/C17H22N2O2S/c1-4-9-19(12-16-6-5-10-22-16)13-17(20)18(3)11-15-8-7-14(2)21-15/h4-8,10H,1,9,11-13H2,2-3H3. The van der Waals surface area contributed by atoms with Crippen LogP contribution in [0.3, 0.4) is 0 Å². The van der Waals surface area contributed by atoms with Crippen LogP contribution in [0.2, 0.25) is 0 Å². The Kier molecular flexibility index (Phi) is 5.98. The van der Waals surface area contributed by atoms with E-state index in [1.807, 2.05) is 31.2 Å². The molecule has 2 aromatic rings. The fraction of sp³-hybridized carbons (Fsp3) is 0.353. The zero-order chi connectivity index (χ0) is 15.9. The molecule has 2 rings (SSSR count). The van der Waals surface area contributed by atoms with Crippen LogP contribution in [-0.4, -0.2) is 35.8 Å². The molecule has 2 aromatic heterocycles. The summed E-state index contributed by atoms with van der Waals surface area (Å²) in [6, 6.07) is 7.93. The van der Waals surface area contributed by atoms with Crippen LogP contribution in [-0.2, 0) is 17.9 Å². The number of aryl methyl sites for hydroxylation is 1. The van der Waals surface area contributed by atoms with E-state index < -0.39 is 0 Å². The highest BCUT2D eigenvalue weighted by atomic mass is 32.1. The molecule has 22 heavy (non-hydrogen) atoms. The first kappa shape index (κ1) is 16.5. The monoisotopic (exact) mass is 318 g/mol. The third-order valence-electron chi connectivity index (χ3n) is 3.32. The highest BCUT2D eigenvalue weighted by Gasteiger charge is 2.15. The second-order valence-electron chi connectivity index (χ2n) is 5.30. The summed E-state index contributed by atoms with van der Waals surface area (Å²) in [5.74, 6) is 1.75. The third kappa shape index (κ3) is 4.86. The van der Waals surface area contributed by atoms with Crippen molar-refractivity contribution in [1.82, 2.24) is 9.80 Å². The van der Waals surface area contributed by atoms with Crippen molar-refractivity contribution in [2.24, 2.45) is 0 Å². The molecule has 1 amide bonds. The molecule has 4 nitrogen and oxygen atoms in total. The Labute approximate surface area is 135 Å². The minimum Gasteiger partial charge on any atom is -0.464 e. The van der Waals surface area contributed by atoms with Crippen LogP contribution in [0.15, 0.2) is 46.7 Å². The first-order chi connectivity index (χ1) is 10.6. The highest BCUT2D eigenvalue weighted by molar-refractivity contribution is 7.09. The molecule has 118 valence electrons. The van der Waals surface area contributed by atoms with Gasteiger partial charge in [0.05, 0.1) is 13.1 Å². The van der Waals surface area contributed by atoms with Crippen molar-refractivity contribution in [3.05, 3.63) is 58.7 Å². The maximum absolute atomic E-state index is 12.4. The number of carbonyl (C=O) groups is 1. The van der Waals surface area contributed by atoms with Gasteiger partial charge in [0, 0.05) is 25.0 Å². The molecule has 0 fully saturated rings. The molecular formula is C17H22N2O2S. The van der Waals surface area contributed by atoms with E-state index in [9.17, 15) is 4.79 Å². The predicted molar refractivity (Wildman–Crippen MR) is 89.7 cm³/mol. The Morgan fingerprint density at radius 2 is 2.18 bits per heavy atom. The van der Waals surface area contributed by atoms with E-state index in [4.69, 9.17) is 4.42 Å². The number of thiophene rings is 1. The Morgan fingerprint density at radius 3 is 2.77 bits per heavy atom. The van der Waals surface area contributed by atoms with Crippen LogP contribution < -0.4 is 0 Å². The molecule has 0 atom stereocenters. The molecule has 2 heterocycles. The van der Waals surface area contributed by atoms with E-state index in [-0.39, 0.29) is 5.91 Å². The van der Waals surface area contributed by atoms with Gasteiger partial charge in [-0.25, -0.2) is 0 Å². The number of amides is 1. The second-order valence-corrected chi connectivity index (χ2v) is 6.33. The van der Waals surface area contributed by atoms with Gasteiger partial charge in [0.25, 0.3) is 0 Å². The molecule has 0 aliphatic carbocycles. The summed E-state index contributed by atoms with van der Waals surface area (Å²) in [6.45, 7) is 8.00. The lowest BCUT2D eigenvalue weighted by atomic mass is 10.3. The summed E-state index contributed by atoms with van der Waals surface area (Å²) in [7, 11) is 1.80. The van der Waals surface area contributed by atoms with Crippen LogP contribution >= 0.6 is 11.3 Å². The van der Waals surface area contributed by atoms with Crippen molar-refractivity contribution in [3.8, 4) is 0 Å². The molecule has 0 saturated carbocycles. The predicted octanol–water partition coefficient (Wildman–Crippen LogP) is 3.30. The summed E-state index contributed by atoms with van der Waals surface area (Å²) in [5, 5.41) is 2.05. The fourth-order valence-electron chi connectivity index (χ4n) is 2.19. The quantitative estimate of drug-likeness (QED) is 0.701. The SMILES string of the molecule is C=CCN(CC(=O)N(C)Cc1ccc(C)o1)Cc1cccs1. The van der Waals surface area contributed by atoms with Crippen molar-refractivity contribution in [2.45, 2.75) is 20.0 Å². The molecule has 0 unspecified atom stereocenters. The lowest BCUT2D eigenvalue weighted by molar-refractivity contribution is -0.131. The smallest absolute Gasteiger partial charge is 0.236 e. The van der Waals surface area contributed by atoms with Crippen LogP contribution in [0.4, 0.5) is 0 Å². The Hall–Kier alpha value is -1.85. The maximum atomic E-state index is 12.4. The van der Waals surface area contributed by atoms with Crippen molar-refractivity contribution in [3.63, 3.8) is 0 Å². The van der Waals surface area contributed by atoms with Crippen LogP contribution in [0.25, 0.3) is 0 Å². The zero-order valence-corrected chi connectivity index (χ0v) is 13.9. The normalized spacial score (nSPS) is 10.9. The van der Waals surface area contributed by atoms with E-state index in [0.29, 0.717) is 19.6 Å². The van der Waals surface area contributed by atoms with Crippen molar-refractivity contribution >= 4 is 17.2 Å². The minimum absolute atomic E-state index is 0.0764. The number of likely N-dealkylation sites (N-methyl/N-ethyl adjacent to an activating group) is 1. The Morgan fingerprint density at radius 1 is 1.36 bits per heavy atom. The second kappa shape index (κ2) is 7.96. The molecule has 0 spiro atoms. The lowest BCUT2D eigenvalue weighted by Gasteiger charge is -2.23. The molecule has 0 aliphatic heterocycles. The van der Waals surface area contributed by atoms with Gasteiger partial charge in [-0.15, -0.1) is 17.9 Å². The van der Waals surface area contributed by atoms with Crippen molar-refractivity contribution in [1.29, 1.82) is 0 Å². The molecule has 0 N–H and O–H groups in total. The average Bonchev–Trinajstić information content (AvgIpc) is 3.11. The van der Waals surface area contributed by atoms with E-state index in [2.05, 4.69) is 22.9 Å². The van der Waals surface area contributed by atoms with E-state index in [0.717, 1.165) is 18.1 Å². The number of hydrogen-bond donors (Lipinski definition) is 0. The zero-order valence-electron chi connectivity index (χ0n) is 13.1. The van der Waals surface area contributed by atoms with E-state index in [1.54, 1.807) is 23.3 Å². The molecule has 0 aromatic carbocycles. The number of rotatable bonds is 8. The summed E-state index contributed by atoms with van der Waals surface area (Å²) in [5.41, 5.74) is 0. The van der Waals surface area contributed by atoms with Gasteiger partial charge in [-0.05, 0) is 30.5 Å². The lowest BCUT2D eigenvalue weighted by Crippen LogP contribution is -2.37. The third-order valence-corrected chi connectivity index (χ3v) is 4.18. The van der Waals surface area contributed by atoms with Gasteiger partial charge in [0.1, 0.15) is 11.5 Å². The molecule has 0 radical (unpaired) electrons. The first-order valence-corrected chi connectivity index (χ1v) is 8.11. The fourth-order valence-corrected chi connectivity index (χ4v) is 2.94. The van der Waals surface area contributed by atoms with E-state index >= 15 is 0 Å². The van der Waals surface area contributed by atoms with Gasteiger partial charge >= 0.3 is 0 Å². The van der Waals surface area contributed by atoms with Gasteiger partial charge in [0.15, 0.2) is 0 Å². The average molecular weight is 318 g/mol. The first-order valence-electron chi connectivity index (χ1n) is 7.23. The minimum atomic E-state index is 0.0764. The van der Waals surface area contributed by atoms with Crippen molar-refractivity contribution < 1.29 is 9.21 Å². The molecule has 0 aliphatic rings. The topological polar surface area (TPSA) is 36.7 Å². The summed E-state index contributed by atoms with van der Waals surface area (Å²) in [6.07, 6.45) is 1.83. The van der Waals surface area contributed by atoms with Crippen LogP contribution in [0, 0.1) is 6.92 Å². The summed E-state index contributed by atoms with van der Waals surface area (Å²) < 4.78 is 5.52. The van der Waals surface area contributed by atoms with Gasteiger partial charge < -0.3 is 9.32 Å². The maximum Gasteiger partial charge on any atom is 0.236 e. The molecule has 0 bridgehead atoms. The number of nitrogens with zero attached hydrogens (tertiary/aromatic N) is 2. The summed E-state index contributed by atoms with van der Waals surface area (Å²) in [4.78, 5) is 17.4. The highest BCUT2D eigenvalue weighted by Crippen LogP contribution is 2.13. The van der Waals surface area contributed by atoms with Gasteiger partial charge in [0.2, 0.25) is 5.91 Å². The molecular weight excluding hydrogens is 296 g/mol. The number of carbonyl (C=O) groups excluding carboxylic acids is 1. The number of furan rings is 1. The van der Waals surface area contributed by atoms with Crippen LogP contribution in [0.1, 0.15) is 16.4 Å².